The van der Waals surface area contributed by atoms with Gasteiger partial charge in [-0.2, -0.15) is 0 Å². The molecule has 1 aliphatic rings. The molecule has 1 fully saturated rings. The molecule has 0 aliphatic carbocycles. The van der Waals surface area contributed by atoms with Crippen LogP contribution >= 0.6 is 0 Å². The van der Waals surface area contributed by atoms with Crippen molar-refractivity contribution in [3.63, 3.8) is 0 Å². The van der Waals surface area contributed by atoms with Gasteiger partial charge >= 0.3 is 5.97 Å². The second-order valence-electron chi connectivity index (χ2n) is 3.73. The number of nitrogens with zero attached hydrogens (tertiary/aromatic N) is 1. The predicted molar refractivity (Wildman–Crippen MR) is 58.8 cm³/mol. The molecule has 1 aliphatic heterocycles. The Morgan fingerprint density at radius 3 is 2.82 bits per heavy atom. The highest BCUT2D eigenvalue weighted by Crippen LogP contribution is 2.14. The molecule has 1 saturated heterocycles. The van der Waals surface area contributed by atoms with Crippen LogP contribution in [0.25, 0.3) is 0 Å². The normalized spacial score (nSPS) is 18.9. The molecule has 2 heterocycles. The molecule has 6 nitrogen and oxygen atoms in total. The third-order valence-electron chi connectivity index (χ3n) is 2.47. The van der Waals surface area contributed by atoms with Crippen molar-refractivity contribution in [2.45, 2.75) is 18.9 Å². The Labute approximate surface area is 97.6 Å². The first-order valence-corrected chi connectivity index (χ1v) is 5.28. The minimum atomic E-state index is -1.10. The summed E-state index contributed by atoms with van der Waals surface area (Å²) in [5.41, 5.74) is 0.413. The van der Waals surface area contributed by atoms with E-state index in [1.807, 2.05) is 0 Å². The van der Waals surface area contributed by atoms with Gasteiger partial charge in [0.2, 0.25) is 0 Å². The Balaban J connectivity index is 1.98. The van der Waals surface area contributed by atoms with Crippen LogP contribution in [0.1, 0.15) is 23.3 Å². The predicted octanol–water partition coefficient (Wildman–Crippen LogP) is 0.897. The van der Waals surface area contributed by atoms with Crippen LogP contribution in [0, 0.1) is 0 Å². The Morgan fingerprint density at radius 1 is 1.47 bits per heavy atom. The van der Waals surface area contributed by atoms with Crippen molar-refractivity contribution in [3.8, 4) is 0 Å². The van der Waals surface area contributed by atoms with Gasteiger partial charge in [-0.05, 0) is 25.0 Å². The maximum atomic E-state index is 11.7. The first-order chi connectivity index (χ1) is 8.16. The fourth-order valence-electron chi connectivity index (χ4n) is 1.60. The van der Waals surface area contributed by atoms with E-state index in [2.05, 4.69) is 10.3 Å². The molecule has 2 N–H and O–H groups in total. The van der Waals surface area contributed by atoms with Crippen molar-refractivity contribution in [1.82, 2.24) is 4.98 Å². The van der Waals surface area contributed by atoms with Crippen molar-refractivity contribution in [3.05, 3.63) is 24.0 Å². The summed E-state index contributed by atoms with van der Waals surface area (Å²) in [5.74, 6) is -1.31. The molecular formula is C11H12N2O4. The standard InChI is InChI=1S/C11H12N2O4/c14-10(9-2-1-5-17-9)13-7-3-4-8(11(15)16)12-6-7/h3-4,6,9H,1-2,5H2,(H,13,14)(H,15,16)/t9-/m1/s1. The van der Waals surface area contributed by atoms with Crippen LogP contribution in [0.3, 0.4) is 0 Å². The Morgan fingerprint density at radius 2 is 2.29 bits per heavy atom. The average Bonchev–Trinajstić information content (AvgIpc) is 2.83. The molecule has 17 heavy (non-hydrogen) atoms. The van der Waals surface area contributed by atoms with Crippen LogP contribution in [0.2, 0.25) is 0 Å². The monoisotopic (exact) mass is 236 g/mol. The second-order valence-corrected chi connectivity index (χ2v) is 3.73. The van der Waals surface area contributed by atoms with Gasteiger partial charge in [-0.25, -0.2) is 9.78 Å². The number of carboxylic acids is 1. The van der Waals surface area contributed by atoms with Crippen LogP contribution in [-0.4, -0.2) is 34.7 Å². The van der Waals surface area contributed by atoms with E-state index in [1.54, 1.807) is 0 Å². The number of nitrogens with one attached hydrogen (secondary N) is 1. The van der Waals surface area contributed by atoms with E-state index in [0.717, 1.165) is 6.42 Å². The van der Waals surface area contributed by atoms with Crippen LogP contribution in [0.5, 0.6) is 0 Å². The minimum absolute atomic E-state index is 0.0554. The molecule has 0 unspecified atom stereocenters. The SMILES string of the molecule is O=C(O)c1ccc(NC(=O)[C@H]2CCCO2)cn1. The fourth-order valence-corrected chi connectivity index (χ4v) is 1.60. The van der Waals surface area contributed by atoms with Crippen LogP contribution < -0.4 is 5.32 Å². The van der Waals surface area contributed by atoms with E-state index in [4.69, 9.17) is 9.84 Å². The van der Waals surface area contributed by atoms with Crippen molar-refractivity contribution in [2.75, 3.05) is 11.9 Å². The molecule has 1 aromatic rings. The first-order valence-electron chi connectivity index (χ1n) is 5.28. The maximum Gasteiger partial charge on any atom is 0.354 e. The highest BCUT2D eigenvalue weighted by Gasteiger charge is 2.23. The summed E-state index contributed by atoms with van der Waals surface area (Å²) in [6.45, 7) is 0.605. The number of carbonyl (C=O) groups excluding carboxylic acids is 1. The summed E-state index contributed by atoms with van der Waals surface area (Å²) in [7, 11) is 0. The maximum absolute atomic E-state index is 11.7. The molecule has 0 saturated carbocycles. The highest BCUT2D eigenvalue weighted by atomic mass is 16.5. The number of ether oxygens (including phenoxy) is 1. The summed E-state index contributed by atoms with van der Waals surface area (Å²) in [6, 6.07) is 2.84. The lowest BCUT2D eigenvalue weighted by Crippen LogP contribution is -2.26. The minimum Gasteiger partial charge on any atom is -0.477 e. The number of hydrogen-bond donors (Lipinski definition) is 2. The van der Waals surface area contributed by atoms with E-state index in [9.17, 15) is 9.59 Å². The molecule has 1 amide bonds. The van der Waals surface area contributed by atoms with E-state index < -0.39 is 12.1 Å². The van der Waals surface area contributed by atoms with E-state index >= 15 is 0 Å². The average molecular weight is 236 g/mol. The molecule has 0 aromatic carbocycles. The second kappa shape index (κ2) is 4.92. The van der Waals surface area contributed by atoms with Crippen LogP contribution in [0.4, 0.5) is 5.69 Å². The van der Waals surface area contributed by atoms with E-state index in [1.165, 1.54) is 18.3 Å². The van der Waals surface area contributed by atoms with Crippen LogP contribution in [-0.2, 0) is 9.53 Å². The largest absolute Gasteiger partial charge is 0.477 e. The van der Waals surface area contributed by atoms with Gasteiger partial charge in [0.1, 0.15) is 11.8 Å². The molecular weight excluding hydrogens is 224 g/mol. The third-order valence-corrected chi connectivity index (χ3v) is 2.47. The molecule has 1 aromatic heterocycles. The summed E-state index contributed by atoms with van der Waals surface area (Å²) in [4.78, 5) is 25.9. The zero-order valence-corrected chi connectivity index (χ0v) is 9.05. The molecule has 0 bridgehead atoms. The van der Waals surface area contributed by atoms with Gasteiger partial charge in [-0.3, -0.25) is 4.79 Å². The number of amides is 1. The number of carbonyl (C=O) groups is 2. The molecule has 0 radical (unpaired) electrons. The number of rotatable bonds is 3. The zero-order chi connectivity index (χ0) is 12.3. The lowest BCUT2D eigenvalue weighted by Gasteiger charge is -2.09. The van der Waals surface area contributed by atoms with E-state index in [-0.39, 0.29) is 11.6 Å². The Hall–Kier alpha value is -1.95. The molecule has 0 spiro atoms. The number of aromatic carboxylic acids is 1. The van der Waals surface area contributed by atoms with Gasteiger partial charge in [0.25, 0.3) is 5.91 Å². The number of carboxylic acid groups (broad SMARTS) is 1. The van der Waals surface area contributed by atoms with Crippen molar-refractivity contribution in [2.24, 2.45) is 0 Å². The summed E-state index contributed by atoms with van der Waals surface area (Å²) >= 11 is 0. The molecule has 2 rings (SSSR count). The lowest BCUT2D eigenvalue weighted by atomic mass is 10.2. The van der Waals surface area contributed by atoms with Crippen molar-refractivity contribution < 1.29 is 19.4 Å². The third kappa shape index (κ3) is 2.79. The quantitative estimate of drug-likeness (QED) is 0.813. The highest BCUT2D eigenvalue weighted by molar-refractivity contribution is 5.94. The summed E-state index contributed by atoms with van der Waals surface area (Å²) in [6.07, 6.45) is 2.51. The molecule has 90 valence electrons. The lowest BCUT2D eigenvalue weighted by molar-refractivity contribution is -0.124. The summed E-state index contributed by atoms with van der Waals surface area (Å²) < 4.78 is 5.22. The molecule has 6 heteroatoms. The van der Waals surface area contributed by atoms with Crippen molar-refractivity contribution >= 4 is 17.6 Å². The fraction of sp³-hybridized carbons (Fsp3) is 0.364. The number of anilines is 1. The van der Waals surface area contributed by atoms with Gasteiger partial charge in [-0.15, -0.1) is 0 Å². The Kier molecular flexibility index (Phi) is 3.34. The van der Waals surface area contributed by atoms with Crippen molar-refractivity contribution in [1.29, 1.82) is 0 Å². The number of hydrogen-bond acceptors (Lipinski definition) is 4. The zero-order valence-electron chi connectivity index (χ0n) is 9.05. The van der Waals surface area contributed by atoms with Gasteiger partial charge in [0.05, 0.1) is 11.9 Å². The smallest absolute Gasteiger partial charge is 0.354 e. The van der Waals surface area contributed by atoms with E-state index in [0.29, 0.717) is 18.7 Å². The Bertz CT molecular complexity index is 424. The van der Waals surface area contributed by atoms with Crippen LogP contribution in [0.15, 0.2) is 18.3 Å². The molecule has 1 atom stereocenters. The van der Waals surface area contributed by atoms with Gasteiger partial charge in [0.15, 0.2) is 0 Å². The van der Waals surface area contributed by atoms with Gasteiger partial charge in [-0.1, -0.05) is 0 Å². The van der Waals surface area contributed by atoms with Gasteiger partial charge < -0.3 is 15.2 Å². The van der Waals surface area contributed by atoms with Gasteiger partial charge in [0, 0.05) is 6.61 Å². The summed E-state index contributed by atoms with van der Waals surface area (Å²) in [5, 5.41) is 11.3. The first kappa shape index (κ1) is 11.5. The topological polar surface area (TPSA) is 88.5 Å². The number of pyridine rings is 1. The number of aromatic nitrogens is 1.